The van der Waals surface area contributed by atoms with Gasteiger partial charge < -0.3 is 14.8 Å². The molecule has 0 aromatic heterocycles. The third kappa shape index (κ3) is 5.53. The number of hydrogen-bond acceptors (Lipinski definition) is 5. The van der Waals surface area contributed by atoms with Crippen molar-refractivity contribution in [1.29, 1.82) is 0 Å². The molecule has 2 fully saturated rings. The fourth-order valence-electron chi connectivity index (χ4n) is 3.81. The van der Waals surface area contributed by atoms with E-state index in [1.54, 1.807) is 12.1 Å². The normalized spacial score (nSPS) is 24.8. The first-order valence-electron chi connectivity index (χ1n) is 10.0. The van der Waals surface area contributed by atoms with Gasteiger partial charge in [0.1, 0.15) is 6.61 Å². The summed E-state index contributed by atoms with van der Waals surface area (Å²) in [5.41, 5.74) is 0.555. The van der Waals surface area contributed by atoms with Crippen LogP contribution in [0.1, 0.15) is 46.0 Å². The number of amides is 1. The van der Waals surface area contributed by atoms with Crippen molar-refractivity contribution >= 4 is 21.6 Å². The van der Waals surface area contributed by atoms with Crippen molar-refractivity contribution in [3.8, 4) is 0 Å². The van der Waals surface area contributed by atoms with Gasteiger partial charge in [-0.3, -0.25) is 4.79 Å². The molecule has 2 atom stereocenters. The number of carbonyl (C=O) groups excluding carboxylic acids is 1. The number of anilines is 1. The van der Waals surface area contributed by atoms with E-state index in [0.717, 1.165) is 25.7 Å². The van der Waals surface area contributed by atoms with Gasteiger partial charge in [-0.25, -0.2) is 8.42 Å². The summed E-state index contributed by atoms with van der Waals surface area (Å²) in [7, 11) is -3.58. The predicted octanol–water partition coefficient (Wildman–Crippen LogP) is 2.77. The Balaban J connectivity index is 1.55. The molecule has 1 amide bonds. The number of ether oxygens (including phenoxy) is 2. The summed E-state index contributed by atoms with van der Waals surface area (Å²) >= 11 is 0. The first-order chi connectivity index (χ1) is 13.3. The number of rotatable bonds is 6. The maximum absolute atomic E-state index is 12.9. The van der Waals surface area contributed by atoms with E-state index in [4.69, 9.17) is 9.47 Å². The quantitative estimate of drug-likeness (QED) is 0.779. The lowest BCUT2D eigenvalue weighted by Gasteiger charge is -2.34. The monoisotopic (exact) mass is 410 g/mol. The highest BCUT2D eigenvalue weighted by molar-refractivity contribution is 7.89. The molecule has 0 spiro atoms. The lowest BCUT2D eigenvalue weighted by atomic mass is 9.98. The minimum atomic E-state index is -3.58. The van der Waals surface area contributed by atoms with Crippen molar-refractivity contribution < 1.29 is 22.7 Å². The van der Waals surface area contributed by atoms with E-state index in [-0.39, 0.29) is 35.7 Å². The summed E-state index contributed by atoms with van der Waals surface area (Å²) in [6.07, 6.45) is 5.47. The zero-order valence-electron chi connectivity index (χ0n) is 16.6. The van der Waals surface area contributed by atoms with Crippen molar-refractivity contribution in [2.45, 2.75) is 69.2 Å². The molecule has 0 bridgehead atoms. The van der Waals surface area contributed by atoms with E-state index in [9.17, 15) is 13.2 Å². The third-order valence-electron chi connectivity index (χ3n) is 5.16. The van der Waals surface area contributed by atoms with Gasteiger partial charge in [0.05, 0.1) is 23.2 Å². The van der Waals surface area contributed by atoms with Gasteiger partial charge in [-0.2, -0.15) is 4.31 Å². The number of nitrogens with one attached hydrogen (secondary N) is 1. The second-order valence-corrected chi connectivity index (χ2v) is 9.66. The molecule has 2 aliphatic rings. The minimum Gasteiger partial charge on any atom is -0.373 e. The molecular formula is C20H30N2O5S. The van der Waals surface area contributed by atoms with Crippen LogP contribution >= 0.6 is 0 Å². The van der Waals surface area contributed by atoms with Gasteiger partial charge in [0.25, 0.3) is 0 Å². The molecule has 7 nitrogen and oxygen atoms in total. The molecule has 156 valence electrons. The molecule has 28 heavy (non-hydrogen) atoms. The largest absolute Gasteiger partial charge is 0.373 e. The molecule has 1 aliphatic heterocycles. The highest BCUT2D eigenvalue weighted by Crippen LogP contribution is 2.23. The van der Waals surface area contributed by atoms with Gasteiger partial charge in [0, 0.05) is 18.8 Å². The standard InChI is InChI=1S/C20H30N2O5S/c1-15-12-22(13-16(2)27-15)28(24,25)19-10-8-17(9-11-19)21-20(23)14-26-18-6-4-3-5-7-18/h8-11,15-16,18H,3-7,12-14H2,1-2H3,(H,21,23). The Morgan fingerprint density at radius 1 is 1.11 bits per heavy atom. The smallest absolute Gasteiger partial charge is 0.250 e. The minimum absolute atomic E-state index is 0.0221. The Hall–Kier alpha value is -1.48. The molecule has 8 heteroatoms. The Labute approximate surface area is 167 Å². The maximum atomic E-state index is 12.9. The molecule has 1 aromatic rings. The second kappa shape index (κ2) is 9.35. The van der Waals surface area contributed by atoms with E-state index >= 15 is 0 Å². The van der Waals surface area contributed by atoms with Crippen molar-refractivity contribution in [3.63, 3.8) is 0 Å². The lowest BCUT2D eigenvalue weighted by Crippen LogP contribution is -2.48. The van der Waals surface area contributed by atoms with E-state index in [2.05, 4.69) is 5.32 Å². The molecule has 1 heterocycles. The SMILES string of the molecule is CC1CN(S(=O)(=O)c2ccc(NC(=O)COC3CCCCC3)cc2)CC(C)O1. The summed E-state index contributed by atoms with van der Waals surface area (Å²) in [4.78, 5) is 12.3. The van der Waals surface area contributed by atoms with Gasteiger partial charge in [0.2, 0.25) is 15.9 Å². The number of sulfonamides is 1. The summed E-state index contributed by atoms with van der Waals surface area (Å²) in [5, 5.41) is 2.76. The summed E-state index contributed by atoms with van der Waals surface area (Å²) in [6.45, 7) is 4.43. The average Bonchev–Trinajstić information content (AvgIpc) is 2.67. The Kier molecular flexibility index (Phi) is 7.09. The van der Waals surface area contributed by atoms with Gasteiger partial charge in [0.15, 0.2) is 0 Å². The summed E-state index contributed by atoms with van der Waals surface area (Å²) < 4.78 is 38.4. The molecule has 1 N–H and O–H groups in total. The van der Waals surface area contributed by atoms with Crippen LogP contribution in [0.3, 0.4) is 0 Å². The molecule has 3 rings (SSSR count). The molecular weight excluding hydrogens is 380 g/mol. The number of benzene rings is 1. The fourth-order valence-corrected chi connectivity index (χ4v) is 5.40. The van der Waals surface area contributed by atoms with Crippen LogP contribution in [-0.2, 0) is 24.3 Å². The first-order valence-corrected chi connectivity index (χ1v) is 11.5. The van der Waals surface area contributed by atoms with Gasteiger partial charge in [-0.15, -0.1) is 0 Å². The Bertz CT molecular complexity index is 749. The first kappa shape index (κ1) is 21.2. The van der Waals surface area contributed by atoms with E-state index in [0.29, 0.717) is 18.8 Å². The van der Waals surface area contributed by atoms with E-state index < -0.39 is 10.0 Å². The predicted molar refractivity (Wildman–Crippen MR) is 107 cm³/mol. The Morgan fingerprint density at radius 2 is 1.71 bits per heavy atom. The second-order valence-electron chi connectivity index (χ2n) is 7.72. The summed E-state index contributed by atoms with van der Waals surface area (Å²) in [6, 6.07) is 6.27. The highest BCUT2D eigenvalue weighted by atomic mass is 32.2. The van der Waals surface area contributed by atoms with Crippen LogP contribution < -0.4 is 5.32 Å². The van der Waals surface area contributed by atoms with Gasteiger partial charge in [-0.1, -0.05) is 19.3 Å². The third-order valence-corrected chi connectivity index (χ3v) is 7.01. The lowest BCUT2D eigenvalue weighted by molar-refractivity contribution is -0.123. The molecule has 0 radical (unpaired) electrons. The number of hydrogen-bond donors (Lipinski definition) is 1. The average molecular weight is 411 g/mol. The van der Waals surface area contributed by atoms with Crippen LogP contribution in [0.4, 0.5) is 5.69 Å². The fraction of sp³-hybridized carbons (Fsp3) is 0.650. The molecule has 1 saturated heterocycles. The number of nitrogens with zero attached hydrogens (tertiary/aromatic N) is 1. The van der Waals surface area contributed by atoms with Crippen LogP contribution in [-0.4, -0.2) is 56.6 Å². The van der Waals surface area contributed by atoms with Crippen molar-refractivity contribution in [2.24, 2.45) is 0 Å². The zero-order chi connectivity index (χ0) is 20.1. The number of morpholine rings is 1. The maximum Gasteiger partial charge on any atom is 0.250 e. The van der Waals surface area contributed by atoms with Crippen molar-refractivity contribution in [3.05, 3.63) is 24.3 Å². The van der Waals surface area contributed by atoms with E-state index in [1.165, 1.54) is 22.9 Å². The topological polar surface area (TPSA) is 84.9 Å². The van der Waals surface area contributed by atoms with Crippen LogP contribution in [0.5, 0.6) is 0 Å². The molecule has 1 aliphatic carbocycles. The molecule has 1 aromatic carbocycles. The van der Waals surface area contributed by atoms with Gasteiger partial charge in [-0.05, 0) is 51.0 Å². The van der Waals surface area contributed by atoms with E-state index in [1.807, 2.05) is 13.8 Å². The van der Waals surface area contributed by atoms with Crippen LogP contribution in [0.2, 0.25) is 0 Å². The zero-order valence-corrected chi connectivity index (χ0v) is 17.4. The Morgan fingerprint density at radius 3 is 2.32 bits per heavy atom. The molecule has 2 unspecified atom stereocenters. The molecule has 1 saturated carbocycles. The van der Waals surface area contributed by atoms with Crippen LogP contribution in [0.15, 0.2) is 29.2 Å². The number of carbonyl (C=O) groups is 1. The van der Waals surface area contributed by atoms with Crippen LogP contribution in [0.25, 0.3) is 0 Å². The summed E-state index contributed by atoms with van der Waals surface area (Å²) in [5.74, 6) is -0.225. The highest BCUT2D eigenvalue weighted by Gasteiger charge is 2.32. The van der Waals surface area contributed by atoms with Crippen molar-refractivity contribution in [1.82, 2.24) is 4.31 Å². The van der Waals surface area contributed by atoms with Crippen molar-refractivity contribution in [2.75, 3.05) is 25.0 Å². The van der Waals surface area contributed by atoms with Gasteiger partial charge >= 0.3 is 0 Å². The van der Waals surface area contributed by atoms with Crippen LogP contribution in [0, 0.1) is 0 Å².